The lowest BCUT2D eigenvalue weighted by Gasteiger charge is -2.14. The Hall–Kier alpha value is 0.720. The van der Waals surface area contributed by atoms with Gasteiger partial charge in [0.05, 0.1) is 37.0 Å². The van der Waals surface area contributed by atoms with Crippen molar-refractivity contribution in [2.75, 3.05) is 37.0 Å². The van der Waals surface area contributed by atoms with Crippen LogP contribution in [0.5, 0.6) is 0 Å². The normalized spacial score (nSPS) is 12.0. The molecule has 0 rings (SSSR count). The van der Waals surface area contributed by atoms with Gasteiger partial charge in [-0.15, -0.1) is 0 Å². The van der Waals surface area contributed by atoms with E-state index in [2.05, 4.69) is 41.5 Å². The quantitative estimate of drug-likeness (QED) is 0.308. The van der Waals surface area contributed by atoms with Crippen LogP contribution in [0.1, 0.15) is 80.1 Å². The van der Waals surface area contributed by atoms with E-state index in [9.17, 15) is 8.39 Å². The van der Waals surface area contributed by atoms with Gasteiger partial charge in [-0.25, -0.2) is 0 Å². The van der Waals surface area contributed by atoms with Crippen molar-refractivity contribution in [3.05, 3.63) is 0 Å². The fraction of sp³-hybridized carbons (Fsp3) is 1.00. The van der Waals surface area contributed by atoms with Crippen LogP contribution in [-0.4, -0.2) is 37.0 Å². The van der Waals surface area contributed by atoms with E-state index >= 15 is 0 Å². The lowest BCUT2D eigenvalue weighted by Crippen LogP contribution is -2.01. The molecule has 0 saturated heterocycles. The lowest BCUT2D eigenvalue weighted by molar-refractivity contribution is 0.802. The molecule has 0 aromatic carbocycles. The number of hydrogen-bond acceptors (Lipinski definition) is 0. The molecule has 0 radical (unpaired) electrons. The maximum Gasteiger partial charge on any atom is 0.202 e. The van der Waals surface area contributed by atoms with Crippen LogP contribution in [0.25, 0.3) is 0 Å². The zero-order valence-electron chi connectivity index (χ0n) is 16.1. The maximum absolute atomic E-state index is 13.9. The maximum atomic E-state index is 13.9. The minimum Gasteiger partial charge on any atom is -0.0655 e. The number of hydrogen-bond donors (Lipinski definition) is 0. The lowest BCUT2D eigenvalue weighted by atomic mass is 10.6. The average molecular weight is 358 g/mol. The van der Waals surface area contributed by atoms with Gasteiger partial charge in [0.2, 0.25) is 15.1 Å². The van der Waals surface area contributed by atoms with Gasteiger partial charge < -0.3 is 0 Å². The molecule has 0 atom stereocenters. The van der Waals surface area contributed by atoms with Crippen molar-refractivity contribution in [3.63, 3.8) is 0 Å². The third-order valence-corrected chi connectivity index (χ3v) is 11.2. The molecule has 0 saturated carbocycles. The Labute approximate surface area is 141 Å². The Morgan fingerprint density at radius 2 is 0.545 bits per heavy atom. The van der Waals surface area contributed by atoms with Crippen LogP contribution in [0.15, 0.2) is 0 Å². The Morgan fingerprint density at radius 3 is 0.636 bits per heavy atom. The molecule has 0 spiro atoms. The molecule has 136 valence electrons. The molecule has 0 aliphatic rings. The van der Waals surface area contributed by atoms with E-state index in [4.69, 9.17) is 0 Å². The summed E-state index contributed by atoms with van der Waals surface area (Å²) < 4.78 is 27.8. The predicted octanol–water partition coefficient (Wildman–Crippen LogP) is 8.24. The zero-order valence-corrected chi connectivity index (χ0v) is 17.9. The van der Waals surface area contributed by atoms with E-state index in [1.54, 1.807) is 0 Å². The van der Waals surface area contributed by atoms with Crippen LogP contribution >= 0.6 is 15.1 Å². The fourth-order valence-electron chi connectivity index (χ4n) is 3.08. The highest BCUT2D eigenvalue weighted by Crippen LogP contribution is 2.62. The van der Waals surface area contributed by atoms with E-state index in [1.807, 2.05) is 0 Å². The second-order valence-electron chi connectivity index (χ2n) is 6.40. The summed E-state index contributed by atoms with van der Waals surface area (Å²) in [6.45, 7) is 12.5. The molecule has 4 heteroatoms. The third-order valence-electron chi connectivity index (χ3n) is 3.75. The standard InChI is InChI=1S/2C9H21FP/c2*1-4-7-11(10,8-5-2)9-6-3/h2*4-9H2,1-3H3/q2*+1. The van der Waals surface area contributed by atoms with Crippen molar-refractivity contribution in [2.45, 2.75) is 80.1 Å². The Kier molecular flexibility index (Phi) is 17.3. The van der Waals surface area contributed by atoms with Crippen molar-refractivity contribution in [3.8, 4) is 0 Å². The van der Waals surface area contributed by atoms with E-state index in [1.165, 1.54) is 0 Å². The Balaban J connectivity index is 0. The van der Waals surface area contributed by atoms with Gasteiger partial charge in [-0.05, 0) is 38.5 Å². The molecule has 0 nitrogen and oxygen atoms in total. The van der Waals surface area contributed by atoms with E-state index in [0.29, 0.717) is 0 Å². The van der Waals surface area contributed by atoms with E-state index < -0.39 is 15.1 Å². The zero-order chi connectivity index (χ0) is 17.5. The highest BCUT2D eigenvalue weighted by atomic mass is 31.2. The minimum absolute atomic E-state index is 0.856. The molecule has 0 aromatic heterocycles. The summed E-state index contributed by atoms with van der Waals surface area (Å²) in [5.41, 5.74) is 0. The van der Waals surface area contributed by atoms with Gasteiger partial charge in [-0.1, -0.05) is 49.9 Å². The van der Waals surface area contributed by atoms with Gasteiger partial charge in [0, 0.05) is 0 Å². The van der Waals surface area contributed by atoms with Gasteiger partial charge >= 0.3 is 0 Å². The van der Waals surface area contributed by atoms with Crippen LogP contribution in [0.2, 0.25) is 0 Å². The molecule has 0 amide bonds. The molecule has 0 unspecified atom stereocenters. The van der Waals surface area contributed by atoms with Crippen LogP contribution < -0.4 is 0 Å². The highest BCUT2D eigenvalue weighted by molar-refractivity contribution is 7.71. The summed E-state index contributed by atoms with van der Waals surface area (Å²) in [6, 6.07) is 0. The Morgan fingerprint density at radius 1 is 0.409 bits per heavy atom. The van der Waals surface area contributed by atoms with Crippen LogP contribution in [-0.2, 0) is 0 Å². The van der Waals surface area contributed by atoms with Crippen molar-refractivity contribution in [1.82, 2.24) is 0 Å². The van der Waals surface area contributed by atoms with Crippen molar-refractivity contribution in [1.29, 1.82) is 0 Å². The molecular weight excluding hydrogens is 316 g/mol. The first kappa shape index (κ1) is 25.0. The molecule has 0 bridgehead atoms. The third kappa shape index (κ3) is 13.2. The summed E-state index contributed by atoms with van der Waals surface area (Å²) in [7, 11) is -3.94. The van der Waals surface area contributed by atoms with E-state index in [0.717, 1.165) is 75.5 Å². The highest BCUT2D eigenvalue weighted by Gasteiger charge is 2.36. The smallest absolute Gasteiger partial charge is 0.0655 e. The summed E-state index contributed by atoms with van der Waals surface area (Å²) in [5, 5.41) is 0. The largest absolute Gasteiger partial charge is 0.202 e. The van der Waals surface area contributed by atoms with Gasteiger partial charge in [0.25, 0.3) is 0 Å². The summed E-state index contributed by atoms with van der Waals surface area (Å²) in [5.74, 6) is 0. The van der Waals surface area contributed by atoms with Crippen LogP contribution in [0, 0.1) is 0 Å². The molecule has 0 aromatic rings. The van der Waals surface area contributed by atoms with Crippen LogP contribution in [0.3, 0.4) is 0 Å². The molecule has 0 aliphatic carbocycles. The van der Waals surface area contributed by atoms with Gasteiger partial charge in [-0.3, -0.25) is 0 Å². The van der Waals surface area contributed by atoms with Crippen LogP contribution in [0.4, 0.5) is 8.39 Å². The second-order valence-corrected chi connectivity index (χ2v) is 13.2. The number of halogens is 2. The monoisotopic (exact) mass is 358 g/mol. The fourth-order valence-corrected chi connectivity index (χ4v) is 9.23. The SMILES string of the molecule is CCC[P+](F)(CCC)CCC.CCC[P+](F)(CCC)CCC. The summed E-state index contributed by atoms with van der Waals surface area (Å²) in [6.07, 6.45) is 11.2. The molecule has 0 fully saturated rings. The average Bonchev–Trinajstić information content (AvgIpc) is 2.40. The molecule has 0 aliphatic heterocycles. The Bertz CT molecular complexity index is 177. The molecular formula is C18H42F2P2+2. The first-order chi connectivity index (χ1) is 10.4. The number of rotatable bonds is 12. The van der Waals surface area contributed by atoms with Gasteiger partial charge in [-0.2, -0.15) is 0 Å². The minimum atomic E-state index is -1.97. The molecule has 0 N–H and O–H groups in total. The summed E-state index contributed by atoms with van der Waals surface area (Å²) >= 11 is 0. The first-order valence-electron chi connectivity index (χ1n) is 9.48. The first-order valence-corrected chi connectivity index (χ1v) is 13.9. The van der Waals surface area contributed by atoms with E-state index in [-0.39, 0.29) is 0 Å². The van der Waals surface area contributed by atoms with Crippen molar-refractivity contribution >= 4 is 15.1 Å². The van der Waals surface area contributed by atoms with Gasteiger partial charge in [0.1, 0.15) is 0 Å². The second kappa shape index (κ2) is 15.3. The van der Waals surface area contributed by atoms with Gasteiger partial charge in [0.15, 0.2) is 0 Å². The predicted molar refractivity (Wildman–Crippen MR) is 107 cm³/mol. The topological polar surface area (TPSA) is 0 Å². The molecule has 0 heterocycles. The summed E-state index contributed by atoms with van der Waals surface area (Å²) in [4.78, 5) is 0. The van der Waals surface area contributed by atoms with Crippen molar-refractivity contribution in [2.24, 2.45) is 0 Å². The van der Waals surface area contributed by atoms with Crippen molar-refractivity contribution < 1.29 is 8.39 Å². The molecule has 22 heavy (non-hydrogen) atoms.